The van der Waals surface area contributed by atoms with E-state index in [9.17, 15) is 23.1 Å². The van der Waals surface area contributed by atoms with Crippen molar-refractivity contribution in [3.05, 3.63) is 28.8 Å². The van der Waals surface area contributed by atoms with Crippen LogP contribution in [0.4, 0.5) is 13.2 Å². The summed E-state index contributed by atoms with van der Waals surface area (Å²) in [5, 5.41) is 18.9. The first kappa shape index (κ1) is 16.2. The van der Waals surface area contributed by atoms with Crippen LogP contribution in [0.1, 0.15) is 31.9 Å². The number of aromatic hydroxyl groups is 1. The number of rotatable bonds is 1. The largest absolute Gasteiger partial charge is 0.508 e. The zero-order valence-electron chi connectivity index (χ0n) is 12.2. The van der Waals surface area contributed by atoms with E-state index in [1.54, 1.807) is 20.8 Å². The summed E-state index contributed by atoms with van der Waals surface area (Å²) in [4.78, 5) is 11.0. The van der Waals surface area contributed by atoms with Crippen molar-refractivity contribution in [2.75, 3.05) is 0 Å². The van der Waals surface area contributed by atoms with Gasteiger partial charge in [0.15, 0.2) is 0 Å². The number of carbonyl (C=O) groups is 1. The number of fused-ring (bicyclic) bond motifs is 1. The molecule has 0 unspecified atom stereocenters. The van der Waals surface area contributed by atoms with Crippen molar-refractivity contribution in [3.8, 4) is 11.5 Å². The average molecular weight is 316 g/mol. The van der Waals surface area contributed by atoms with Gasteiger partial charge in [-0.2, -0.15) is 13.2 Å². The zero-order chi connectivity index (χ0) is 16.9. The molecule has 1 aliphatic rings. The molecule has 1 heterocycles. The Balaban J connectivity index is 2.61. The van der Waals surface area contributed by atoms with Crippen molar-refractivity contribution in [3.63, 3.8) is 0 Å². The van der Waals surface area contributed by atoms with Crippen molar-refractivity contribution in [2.24, 2.45) is 0 Å². The van der Waals surface area contributed by atoms with Crippen molar-refractivity contribution >= 4 is 12.0 Å². The lowest BCUT2D eigenvalue weighted by molar-refractivity contribution is -0.187. The van der Waals surface area contributed by atoms with E-state index < -0.39 is 29.2 Å². The van der Waals surface area contributed by atoms with Crippen LogP contribution in [-0.2, 0) is 10.2 Å². The standard InChI is InChI=1S/C15H15F3O4/c1-14(2,3)9-6-11-7(5-10(9)19)4-8(13(20)21)12(22-11)15(16,17)18/h4-6,12,19H,1-3H3,(H,20,21)/t12-/m0/s1. The fraction of sp³-hybridized carbons (Fsp3) is 0.400. The van der Waals surface area contributed by atoms with Crippen LogP contribution in [0.5, 0.6) is 11.5 Å². The lowest BCUT2D eigenvalue weighted by Gasteiger charge is -2.29. The monoisotopic (exact) mass is 316 g/mol. The Bertz CT molecular complexity index is 654. The Kier molecular flexibility index (Phi) is 3.63. The Morgan fingerprint density at radius 1 is 1.23 bits per heavy atom. The number of alkyl halides is 3. The molecule has 2 rings (SSSR count). The van der Waals surface area contributed by atoms with Crippen molar-refractivity contribution in [2.45, 2.75) is 38.5 Å². The second-order valence-electron chi connectivity index (χ2n) is 6.10. The van der Waals surface area contributed by atoms with Crippen molar-refractivity contribution < 1.29 is 32.9 Å². The van der Waals surface area contributed by atoms with Gasteiger partial charge in [0, 0.05) is 11.1 Å². The lowest BCUT2D eigenvalue weighted by Crippen LogP contribution is -2.40. The number of phenolic OH excluding ortho intramolecular Hbond substituents is 1. The topological polar surface area (TPSA) is 66.8 Å². The molecule has 0 radical (unpaired) electrons. The quantitative estimate of drug-likeness (QED) is 0.832. The maximum absolute atomic E-state index is 13.0. The van der Waals surface area contributed by atoms with Crippen LogP contribution < -0.4 is 4.74 Å². The van der Waals surface area contributed by atoms with Crippen LogP contribution in [0.25, 0.3) is 6.08 Å². The van der Waals surface area contributed by atoms with Crippen molar-refractivity contribution in [1.29, 1.82) is 0 Å². The molecule has 0 saturated heterocycles. The summed E-state index contributed by atoms with van der Waals surface area (Å²) in [6, 6.07) is 2.53. The average Bonchev–Trinajstić information content (AvgIpc) is 2.33. The molecule has 0 spiro atoms. The third-order valence-corrected chi connectivity index (χ3v) is 3.32. The molecule has 1 atom stereocenters. The molecule has 0 bridgehead atoms. The van der Waals surface area contributed by atoms with Crippen LogP contribution in [0.2, 0.25) is 0 Å². The van der Waals surface area contributed by atoms with Gasteiger partial charge in [-0.15, -0.1) is 0 Å². The summed E-state index contributed by atoms with van der Waals surface area (Å²) in [5.74, 6) is -1.94. The molecule has 0 aromatic heterocycles. The van der Waals surface area contributed by atoms with Gasteiger partial charge in [0.05, 0.1) is 5.57 Å². The Hall–Kier alpha value is -2.18. The Morgan fingerprint density at radius 3 is 2.27 bits per heavy atom. The number of hydrogen-bond acceptors (Lipinski definition) is 3. The number of aliphatic carboxylic acids is 1. The van der Waals surface area contributed by atoms with E-state index in [4.69, 9.17) is 9.84 Å². The van der Waals surface area contributed by atoms with Gasteiger partial charge in [-0.3, -0.25) is 0 Å². The fourth-order valence-corrected chi connectivity index (χ4v) is 2.25. The van der Waals surface area contributed by atoms with Gasteiger partial charge < -0.3 is 14.9 Å². The number of carboxylic acid groups (broad SMARTS) is 1. The van der Waals surface area contributed by atoms with Gasteiger partial charge in [0.25, 0.3) is 0 Å². The fourth-order valence-electron chi connectivity index (χ4n) is 2.25. The van der Waals surface area contributed by atoms with Gasteiger partial charge in [-0.05, 0) is 23.6 Å². The molecular formula is C15H15F3O4. The maximum Gasteiger partial charge on any atom is 0.430 e. The van der Waals surface area contributed by atoms with Crippen LogP contribution in [-0.4, -0.2) is 28.5 Å². The van der Waals surface area contributed by atoms with E-state index in [0.717, 1.165) is 6.08 Å². The number of phenols is 1. The molecule has 4 nitrogen and oxygen atoms in total. The summed E-state index contributed by atoms with van der Waals surface area (Å²) in [7, 11) is 0. The molecule has 0 saturated carbocycles. The minimum Gasteiger partial charge on any atom is -0.508 e. The van der Waals surface area contributed by atoms with Crippen LogP contribution in [0.15, 0.2) is 17.7 Å². The highest BCUT2D eigenvalue weighted by molar-refractivity contribution is 5.95. The number of ether oxygens (including phenoxy) is 1. The number of hydrogen-bond donors (Lipinski definition) is 2. The highest BCUT2D eigenvalue weighted by atomic mass is 19.4. The predicted molar refractivity (Wildman–Crippen MR) is 72.9 cm³/mol. The first-order valence-electron chi connectivity index (χ1n) is 6.47. The minimum atomic E-state index is -4.85. The van der Waals surface area contributed by atoms with Crippen LogP contribution in [0.3, 0.4) is 0 Å². The molecule has 22 heavy (non-hydrogen) atoms. The summed E-state index contributed by atoms with van der Waals surface area (Å²) < 4.78 is 43.8. The van der Waals surface area contributed by atoms with E-state index in [1.165, 1.54) is 12.1 Å². The molecule has 0 aliphatic carbocycles. The van der Waals surface area contributed by atoms with E-state index in [-0.39, 0.29) is 17.1 Å². The van der Waals surface area contributed by atoms with Gasteiger partial charge in [-0.1, -0.05) is 20.8 Å². The number of benzene rings is 1. The summed E-state index contributed by atoms with van der Waals surface area (Å²) >= 11 is 0. The molecular weight excluding hydrogens is 301 g/mol. The maximum atomic E-state index is 13.0. The molecule has 1 aromatic carbocycles. The normalized spacial score (nSPS) is 18.3. The van der Waals surface area contributed by atoms with Gasteiger partial charge >= 0.3 is 12.1 Å². The molecule has 0 fully saturated rings. The zero-order valence-corrected chi connectivity index (χ0v) is 12.2. The number of halogens is 3. The van der Waals surface area contributed by atoms with Crippen molar-refractivity contribution in [1.82, 2.24) is 0 Å². The highest BCUT2D eigenvalue weighted by Crippen LogP contribution is 2.42. The van der Waals surface area contributed by atoms with Gasteiger partial charge in [0.2, 0.25) is 6.10 Å². The second-order valence-corrected chi connectivity index (χ2v) is 6.10. The molecule has 120 valence electrons. The summed E-state index contributed by atoms with van der Waals surface area (Å²) in [6.45, 7) is 5.37. The Labute approximate surface area is 124 Å². The molecule has 7 heteroatoms. The highest BCUT2D eigenvalue weighted by Gasteiger charge is 2.48. The third kappa shape index (κ3) is 2.88. The first-order valence-corrected chi connectivity index (χ1v) is 6.47. The Morgan fingerprint density at radius 2 is 1.82 bits per heavy atom. The van der Waals surface area contributed by atoms with Crippen LogP contribution >= 0.6 is 0 Å². The molecule has 2 N–H and O–H groups in total. The minimum absolute atomic E-state index is 0.100. The van der Waals surface area contributed by atoms with E-state index >= 15 is 0 Å². The summed E-state index contributed by atoms with van der Waals surface area (Å²) in [6.07, 6.45) is -6.50. The lowest BCUT2D eigenvalue weighted by atomic mass is 9.85. The van der Waals surface area contributed by atoms with Crippen LogP contribution in [0, 0.1) is 0 Å². The SMILES string of the molecule is CC(C)(C)c1cc2c(cc1O)C=C(C(=O)O)[C@@H](C(F)(F)F)O2. The van der Waals surface area contributed by atoms with E-state index in [2.05, 4.69) is 0 Å². The molecule has 1 aliphatic heterocycles. The van der Waals surface area contributed by atoms with Gasteiger partial charge in [-0.25, -0.2) is 4.79 Å². The van der Waals surface area contributed by atoms with Gasteiger partial charge in [0.1, 0.15) is 11.5 Å². The first-order chi connectivity index (χ1) is 9.91. The smallest absolute Gasteiger partial charge is 0.430 e. The second kappa shape index (κ2) is 4.93. The third-order valence-electron chi connectivity index (χ3n) is 3.32. The summed E-state index contributed by atoms with van der Waals surface area (Å²) in [5.41, 5.74) is -0.904. The van der Waals surface area contributed by atoms with E-state index in [0.29, 0.717) is 5.56 Å². The number of carboxylic acids is 1. The van der Waals surface area contributed by atoms with E-state index in [1.807, 2.05) is 0 Å². The molecule has 1 aromatic rings. The molecule has 0 amide bonds. The predicted octanol–water partition coefficient (Wildman–Crippen LogP) is 3.48.